The highest BCUT2D eigenvalue weighted by Gasteiger charge is 2.26. The highest BCUT2D eigenvalue weighted by molar-refractivity contribution is 5.68. The van der Waals surface area contributed by atoms with E-state index in [1.165, 1.54) is 11.3 Å². The average molecular weight is 385 g/mol. The third-order valence-corrected chi connectivity index (χ3v) is 4.87. The van der Waals surface area contributed by atoms with Crippen molar-refractivity contribution in [1.29, 1.82) is 0 Å². The Morgan fingerprint density at radius 3 is 2.46 bits per heavy atom. The Kier molecular flexibility index (Phi) is 5.96. The van der Waals surface area contributed by atoms with Gasteiger partial charge in [-0.25, -0.2) is 9.78 Å². The van der Waals surface area contributed by atoms with E-state index in [4.69, 9.17) is 4.74 Å². The van der Waals surface area contributed by atoms with Crippen LogP contribution in [0.1, 0.15) is 51.9 Å². The quantitative estimate of drug-likeness (QED) is 0.796. The van der Waals surface area contributed by atoms with Crippen LogP contribution in [0.2, 0.25) is 0 Å². The van der Waals surface area contributed by atoms with Crippen molar-refractivity contribution in [2.75, 3.05) is 31.1 Å². The summed E-state index contributed by atoms with van der Waals surface area (Å²) in [6.45, 7) is 13.8. The van der Waals surface area contributed by atoms with E-state index in [2.05, 4.69) is 52.6 Å². The molecule has 6 nitrogen and oxygen atoms in total. The van der Waals surface area contributed by atoms with Crippen molar-refractivity contribution in [3.8, 4) is 0 Å². The molecule has 0 atom stereocenters. The molecule has 1 aliphatic rings. The molecule has 0 spiro atoms. The lowest BCUT2D eigenvalue weighted by Crippen LogP contribution is -2.50. The number of aromatic nitrogens is 2. The van der Waals surface area contributed by atoms with E-state index in [0.717, 1.165) is 25.5 Å². The first-order chi connectivity index (χ1) is 13.2. The number of rotatable bonds is 4. The summed E-state index contributed by atoms with van der Waals surface area (Å²) < 4.78 is 7.73. The molecule has 1 saturated heterocycles. The second-order valence-electron chi connectivity index (χ2n) is 8.65. The van der Waals surface area contributed by atoms with E-state index < -0.39 is 5.60 Å². The summed E-state index contributed by atoms with van der Waals surface area (Å²) >= 11 is 0. The van der Waals surface area contributed by atoms with Crippen LogP contribution >= 0.6 is 0 Å². The lowest BCUT2D eigenvalue weighted by atomic mass is 10.1. The van der Waals surface area contributed by atoms with Gasteiger partial charge >= 0.3 is 6.09 Å². The van der Waals surface area contributed by atoms with Gasteiger partial charge in [-0.05, 0) is 32.4 Å². The van der Waals surface area contributed by atoms with E-state index >= 15 is 0 Å². The molecule has 2 aromatic rings. The fraction of sp³-hybridized carbons (Fsp3) is 0.545. The molecule has 28 heavy (non-hydrogen) atoms. The van der Waals surface area contributed by atoms with Gasteiger partial charge in [0.25, 0.3) is 0 Å². The predicted octanol–water partition coefficient (Wildman–Crippen LogP) is 4.11. The molecule has 6 heteroatoms. The molecule has 0 saturated carbocycles. The lowest BCUT2D eigenvalue weighted by Gasteiger charge is -2.37. The molecule has 1 aromatic heterocycles. The summed E-state index contributed by atoms with van der Waals surface area (Å²) in [7, 11) is 0. The van der Waals surface area contributed by atoms with E-state index in [0.29, 0.717) is 19.0 Å². The van der Waals surface area contributed by atoms with Crippen molar-refractivity contribution in [2.24, 2.45) is 0 Å². The average Bonchev–Trinajstić information content (AvgIpc) is 3.09. The minimum absolute atomic E-state index is 0.222. The van der Waals surface area contributed by atoms with Crippen molar-refractivity contribution < 1.29 is 9.53 Å². The van der Waals surface area contributed by atoms with Crippen LogP contribution in [-0.4, -0.2) is 52.3 Å². The van der Waals surface area contributed by atoms with Gasteiger partial charge in [-0.15, -0.1) is 0 Å². The predicted molar refractivity (Wildman–Crippen MR) is 112 cm³/mol. The second kappa shape index (κ2) is 8.25. The second-order valence-corrected chi connectivity index (χ2v) is 8.65. The molecular weight excluding hydrogens is 352 g/mol. The van der Waals surface area contributed by atoms with Crippen LogP contribution in [0.15, 0.2) is 36.7 Å². The van der Waals surface area contributed by atoms with Crippen LogP contribution in [0.4, 0.5) is 10.5 Å². The fourth-order valence-electron chi connectivity index (χ4n) is 3.55. The fourth-order valence-corrected chi connectivity index (χ4v) is 3.55. The zero-order valence-electron chi connectivity index (χ0n) is 17.7. The number of hydrogen-bond donors (Lipinski definition) is 0. The molecule has 0 bridgehead atoms. The zero-order valence-corrected chi connectivity index (χ0v) is 17.7. The number of imidazole rings is 1. The third-order valence-electron chi connectivity index (χ3n) is 4.87. The van der Waals surface area contributed by atoms with Gasteiger partial charge in [0.1, 0.15) is 11.4 Å². The Bertz CT molecular complexity index is 799. The minimum atomic E-state index is -0.459. The maximum Gasteiger partial charge on any atom is 0.410 e. The van der Waals surface area contributed by atoms with Crippen molar-refractivity contribution in [3.63, 3.8) is 0 Å². The largest absolute Gasteiger partial charge is 0.444 e. The van der Waals surface area contributed by atoms with E-state index in [1.54, 1.807) is 4.90 Å². The van der Waals surface area contributed by atoms with Crippen molar-refractivity contribution >= 4 is 11.8 Å². The number of para-hydroxylation sites is 1. The van der Waals surface area contributed by atoms with Gasteiger partial charge in [-0.1, -0.05) is 32.0 Å². The van der Waals surface area contributed by atoms with Crippen LogP contribution in [-0.2, 0) is 11.3 Å². The number of anilines is 1. The lowest BCUT2D eigenvalue weighted by molar-refractivity contribution is 0.0240. The van der Waals surface area contributed by atoms with E-state index in [9.17, 15) is 4.79 Å². The van der Waals surface area contributed by atoms with Crippen molar-refractivity contribution in [1.82, 2.24) is 14.5 Å². The topological polar surface area (TPSA) is 50.6 Å². The Morgan fingerprint density at radius 2 is 1.82 bits per heavy atom. The molecule has 1 aliphatic heterocycles. The summed E-state index contributed by atoms with van der Waals surface area (Å²) in [5, 5.41) is 0. The number of amides is 1. The summed E-state index contributed by atoms with van der Waals surface area (Å²) in [5.41, 5.74) is 2.04. The van der Waals surface area contributed by atoms with Gasteiger partial charge in [-0.2, -0.15) is 0 Å². The van der Waals surface area contributed by atoms with Gasteiger partial charge in [0.2, 0.25) is 0 Å². The Hall–Kier alpha value is -2.50. The van der Waals surface area contributed by atoms with Gasteiger partial charge in [0, 0.05) is 50.2 Å². The Balaban J connectivity index is 1.69. The summed E-state index contributed by atoms with van der Waals surface area (Å²) in [5.74, 6) is 1.49. The summed E-state index contributed by atoms with van der Waals surface area (Å²) in [6.07, 6.45) is 3.70. The molecule has 0 unspecified atom stereocenters. The smallest absolute Gasteiger partial charge is 0.410 e. The Morgan fingerprint density at radius 1 is 1.14 bits per heavy atom. The van der Waals surface area contributed by atoms with Crippen molar-refractivity contribution in [3.05, 3.63) is 48.0 Å². The molecule has 3 rings (SSSR count). The van der Waals surface area contributed by atoms with Gasteiger partial charge < -0.3 is 19.1 Å². The van der Waals surface area contributed by atoms with Crippen LogP contribution < -0.4 is 4.90 Å². The molecule has 1 aromatic carbocycles. The maximum absolute atomic E-state index is 12.3. The first-order valence-electron chi connectivity index (χ1n) is 10.1. The number of piperazine rings is 1. The first-order valence-corrected chi connectivity index (χ1v) is 10.1. The molecule has 0 N–H and O–H groups in total. The SMILES string of the molecule is CC(C)c1nccn1Cc1ccccc1N1CCN(C(=O)OC(C)(C)C)CC1. The number of nitrogens with zero attached hydrogens (tertiary/aromatic N) is 4. The summed E-state index contributed by atoms with van der Waals surface area (Å²) in [4.78, 5) is 21.0. The number of hydrogen-bond acceptors (Lipinski definition) is 4. The summed E-state index contributed by atoms with van der Waals surface area (Å²) in [6, 6.07) is 8.52. The molecule has 0 radical (unpaired) electrons. The molecule has 2 heterocycles. The zero-order chi connectivity index (χ0) is 20.3. The molecule has 1 amide bonds. The normalized spacial score (nSPS) is 15.2. The molecule has 1 fully saturated rings. The van der Waals surface area contributed by atoms with Gasteiger partial charge in [0.15, 0.2) is 0 Å². The molecule has 0 aliphatic carbocycles. The standard InChI is InChI=1S/C22H32N4O2/c1-17(2)20-23-10-11-26(20)16-18-8-6-7-9-19(18)24-12-14-25(15-13-24)21(27)28-22(3,4)5/h6-11,17H,12-16H2,1-5H3. The molecular formula is C22H32N4O2. The van der Waals surface area contributed by atoms with Crippen LogP contribution in [0.5, 0.6) is 0 Å². The van der Waals surface area contributed by atoms with Gasteiger partial charge in [0.05, 0.1) is 6.54 Å². The number of carbonyl (C=O) groups is 1. The van der Waals surface area contributed by atoms with Gasteiger partial charge in [-0.3, -0.25) is 0 Å². The monoisotopic (exact) mass is 384 g/mol. The minimum Gasteiger partial charge on any atom is -0.444 e. The molecule has 152 valence electrons. The van der Waals surface area contributed by atoms with E-state index in [-0.39, 0.29) is 6.09 Å². The number of benzene rings is 1. The third kappa shape index (κ3) is 4.86. The van der Waals surface area contributed by atoms with Crippen LogP contribution in [0, 0.1) is 0 Å². The van der Waals surface area contributed by atoms with Crippen LogP contribution in [0.25, 0.3) is 0 Å². The number of ether oxygens (including phenoxy) is 1. The highest BCUT2D eigenvalue weighted by Crippen LogP contribution is 2.24. The van der Waals surface area contributed by atoms with Crippen LogP contribution in [0.3, 0.4) is 0 Å². The van der Waals surface area contributed by atoms with E-state index in [1.807, 2.05) is 33.2 Å². The number of carbonyl (C=O) groups excluding carboxylic acids is 1. The highest BCUT2D eigenvalue weighted by atomic mass is 16.6. The Labute approximate surface area is 168 Å². The first kappa shape index (κ1) is 20.2. The maximum atomic E-state index is 12.3. The van der Waals surface area contributed by atoms with Crippen molar-refractivity contribution in [2.45, 2.75) is 52.7 Å².